The minimum absolute atomic E-state index is 0.358. The summed E-state index contributed by atoms with van der Waals surface area (Å²) in [5.74, 6) is 0.358. The number of fused-ring (bicyclic) bond motifs is 1. The molecule has 2 rings (SSSR count). The zero-order valence-corrected chi connectivity index (χ0v) is 12.5. The molecule has 0 radical (unpaired) electrons. The van der Waals surface area contributed by atoms with Crippen molar-refractivity contribution < 1.29 is 5.11 Å². The van der Waals surface area contributed by atoms with Crippen LogP contribution in [0.15, 0.2) is 24.3 Å². The van der Waals surface area contributed by atoms with Crippen molar-refractivity contribution in [3.63, 3.8) is 0 Å². The first kappa shape index (κ1) is 14.0. The van der Waals surface area contributed by atoms with Gasteiger partial charge in [-0.2, -0.15) is 0 Å². The molecule has 0 aliphatic heterocycles. The summed E-state index contributed by atoms with van der Waals surface area (Å²) < 4.78 is 0. The average molecular weight is 257 g/mol. The highest BCUT2D eigenvalue weighted by atomic mass is 16.3. The fraction of sp³-hybridized carbons (Fsp3) is 0.471. The smallest absolute Gasteiger partial charge is 0.0847 e. The number of aryl methyl sites for hydroxylation is 1. The normalized spacial score (nSPS) is 12.4. The first-order valence-corrected chi connectivity index (χ1v) is 6.99. The highest BCUT2D eigenvalue weighted by molar-refractivity contribution is 5.84. The first-order valence-electron chi connectivity index (χ1n) is 6.99. The van der Waals surface area contributed by atoms with Crippen LogP contribution in [0.5, 0.6) is 0 Å². The second-order valence-electron chi connectivity index (χ2n) is 6.01. The van der Waals surface area contributed by atoms with Gasteiger partial charge >= 0.3 is 0 Å². The van der Waals surface area contributed by atoms with E-state index in [9.17, 15) is 5.11 Å². The second kappa shape index (κ2) is 4.93. The summed E-state index contributed by atoms with van der Waals surface area (Å²) >= 11 is 0. The van der Waals surface area contributed by atoms with Crippen LogP contribution in [-0.2, 0) is 12.0 Å². The minimum atomic E-state index is -0.850. The summed E-state index contributed by atoms with van der Waals surface area (Å²) in [7, 11) is 0. The maximum Gasteiger partial charge on any atom is 0.0847 e. The van der Waals surface area contributed by atoms with Crippen LogP contribution in [0, 0.1) is 0 Å². The molecule has 1 N–H and O–H groups in total. The number of hydrogen-bond acceptors (Lipinski definition) is 2. The summed E-state index contributed by atoms with van der Waals surface area (Å²) in [4.78, 5) is 4.71. The van der Waals surface area contributed by atoms with E-state index >= 15 is 0 Å². The molecule has 0 atom stereocenters. The second-order valence-corrected chi connectivity index (χ2v) is 6.01. The van der Waals surface area contributed by atoms with Crippen LogP contribution in [0.4, 0.5) is 0 Å². The van der Waals surface area contributed by atoms with Gasteiger partial charge in [-0.3, -0.25) is 4.98 Å². The average Bonchev–Trinajstić information content (AvgIpc) is 2.35. The third kappa shape index (κ3) is 2.79. The minimum Gasteiger partial charge on any atom is -0.386 e. The van der Waals surface area contributed by atoms with Gasteiger partial charge in [0.15, 0.2) is 0 Å². The van der Waals surface area contributed by atoms with Gasteiger partial charge in [-0.15, -0.1) is 0 Å². The van der Waals surface area contributed by atoms with E-state index in [2.05, 4.69) is 39.0 Å². The maximum absolute atomic E-state index is 10.4. The van der Waals surface area contributed by atoms with Gasteiger partial charge in [0.2, 0.25) is 0 Å². The Morgan fingerprint density at radius 3 is 2.42 bits per heavy atom. The van der Waals surface area contributed by atoms with Crippen molar-refractivity contribution in [3.8, 4) is 0 Å². The summed E-state index contributed by atoms with van der Waals surface area (Å²) in [6.45, 7) is 10.1. The molecule has 0 aliphatic carbocycles. The van der Waals surface area contributed by atoms with E-state index in [1.165, 1.54) is 5.56 Å². The van der Waals surface area contributed by atoms with E-state index in [4.69, 9.17) is 4.98 Å². The zero-order valence-electron chi connectivity index (χ0n) is 12.5. The number of benzene rings is 1. The molecule has 0 bridgehead atoms. The van der Waals surface area contributed by atoms with Crippen LogP contribution in [0.2, 0.25) is 0 Å². The van der Waals surface area contributed by atoms with Crippen molar-refractivity contribution in [2.45, 2.75) is 52.6 Å². The van der Waals surface area contributed by atoms with Crippen LogP contribution in [-0.4, -0.2) is 10.1 Å². The number of pyridine rings is 1. The van der Waals surface area contributed by atoms with Gasteiger partial charge in [0.1, 0.15) is 0 Å². The third-order valence-electron chi connectivity index (χ3n) is 3.55. The maximum atomic E-state index is 10.4. The molecule has 2 heteroatoms. The van der Waals surface area contributed by atoms with Gasteiger partial charge < -0.3 is 5.11 Å². The molecule has 1 aromatic heterocycles. The van der Waals surface area contributed by atoms with E-state index in [0.29, 0.717) is 5.92 Å². The molecule has 19 heavy (non-hydrogen) atoms. The van der Waals surface area contributed by atoms with E-state index in [-0.39, 0.29) is 0 Å². The van der Waals surface area contributed by atoms with E-state index < -0.39 is 5.60 Å². The fourth-order valence-corrected chi connectivity index (χ4v) is 2.32. The van der Waals surface area contributed by atoms with Crippen molar-refractivity contribution >= 4 is 10.9 Å². The predicted molar refractivity (Wildman–Crippen MR) is 80.5 cm³/mol. The van der Waals surface area contributed by atoms with E-state index in [1.54, 1.807) is 0 Å². The molecular formula is C17H23NO. The van der Waals surface area contributed by atoms with Crippen LogP contribution in [0.25, 0.3) is 10.9 Å². The lowest BCUT2D eigenvalue weighted by Gasteiger charge is -2.22. The lowest BCUT2D eigenvalue weighted by atomic mass is 9.91. The van der Waals surface area contributed by atoms with Crippen LogP contribution in [0.1, 0.15) is 57.4 Å². The van der Waals surface area contributed by atoms with Gasteiger partial charge in [0, 0.05) is 11.1 Å². The Balaban J connectivity index is 2.79. The SMILES string of the molecule is CCc1ccc2nc(C(C)C)cc(C(C)(C)O)c2c1. The van der Waals surface area contributed by atoms with Gasteiger partial charge in [-0.05, 0) is 55.5 Å². The Bertz CT molecular complexity index is 594. The fourth-order valence-electron chi connectivity index (χ4n) is 2.32. The van der Waals surface area contributed by atoms with Crippen molar-refractivity contribution in [2.24, 2.45) is 0 Å². The van der Waals surface area contributed by atoms with Crippen LogP contribution < -0.4 is 0 Å². The van der Waals surface area contributed by atoms with Crippen molar-refractivity contribution in [2.75, 3.05) is 0 Å². The third-order valence-corrected chi connectivity index (χ3v) is 3.55. The lowest BCUT2D eigenvalue weighted by Crippen LogP contribution is -2.17. The number of rotatable bonds is 3. The number of aromatic nitrogens is 1. The van der Waals surface area contributed by atoms with E-state index in [0.717, 1.165) is 28.6 Å². The van der Waals surface area contributed by atoms with Gasteiger partial charge in [0.05, 0.1) is 11.1 Å². The zero-order chi connectivity index (χ0) is 14.2. The van der Waals surface area contributed by atoms with Crippen LogP contribution >= 0.6 is 0 Å². The van der Waals surface area contributed by atoms with Crippen LogP contribution in [0.3, 0.4) is 0 Å². The largest absolute Gasteiger partial charge is 0.386 e. The monoisotopic (exact) mass is 257 g/mol. The van der Waals surface area contributed by atoms with Gasteiger partial charge in [-0.1, -0.05) is 26.8 Å². The molecular weight excluding hydrogens is 234 g/mol. The highest BCUT2D eigenvalue weighted by Crippen LogP contribution is 2.31. The quantitative estimate of drug-likeness (QED) is 0.896. The molecule has 2 aromatic rings. The van der Waals surface area contributed by atoms with Crippen molar-refractivity contribution in [1.82, 2.24) is 4.98 Å². The molecule has 102 valence electrons. The molecule has 0 unspecified atom stereocenters. The molecule has 0 amide bonds. The summed E-state index contributed by atoms with van der Waals surface area (Å²) in [6, 6.07) is 8.38. The topological polar surface area (TPSA) is 33.1 Å². The molecule has 1 aromatic carbocycles. The molecule has 1 heterocycles. The molecule has 0 aliphatic rings. The highest BCUT2D eigenvalue weighted by Gasteiger charge is 2.21. The van der Waals surface area contributed by atoms with E-state index in [1.807, 2.05) is 19.9 Å². The summed E-state index contributed by atoms with van der Waals surface area (Å²) in [5.41, 5.74) is 3.40. The predicted octanol–water partition coefficient (Wildman–Crippen LogP) is 4.15. The Hall–Kier alpha value is -1.41. The summed E-state index contributed by atoms with van der Waals surface area (Å²) in [6.07, 6.45) is 0.993. The number of aliphatic hydroxyl groups is 1. The van der Waals surface area contributed by atoms with Gasteiger partial charge in [0.25, 0.3) is 0 Å². The van der Waals surface area contributed by atoms with Gasteiger partial charge in [-0.25, -0.2) is 0 Å². The standard InChI is InChI=1S/C17H23NO/c1-6-12-7-8-15-13(9-12)14(17(4,5)19)10-16(18-15)11(2)3/h7-11,19H,6H2,1-5H3. The Morgan fingerprint density at radius 2 is 1.89 bits per heavy atom. The molecule has 0 fully saturated rings. The molecule has 0 saturated heterocycles. The number of hydrogen-bond donors (Lipinski definition) is 1. The van der Waals surface area contributed by atoms with Crippen molar-refractivity contribution in [3.05, 3.63) is 41.1 Å². The first-order chi connectivity index (χ1) is 8.82. The molecule has 2 nitrogen and oxygen atoms in total. The van der Waals surface area contributed by atoms with Crippen molar-refractivity contribution in [1.29, 1.82) is 0 Å². The Morgan fingerprint density at radius 1 is 1.21 bits per heavy atom. The Labute approximate surface area is 115 Å². The molecule has 0 saturated carbocycles. The Kier molecular flexibility index (Phi) is 3.64. The number of nitrogens with zero attached hydrogens (tertiary/aromatic N) is 1. The molecule has 0 spiro atoms. The summed E-state index contributed by atoms with van der Waals surface area (Å²) in [5, 5.41) is 11.5. The lowest BCUT2D eigenvalue weighted by molar-refractivity contribution is 0.0800.